The smallest absolute Gasteiger partial charge is 0.181 e. The van der Waals surface area contributed by atoms with Gasteiger partial charge in [-0.1, -0.05) is 6.07 Å². The number of pyridine rings is 1. The second kappa shape index (κ2) is 4.50. The summed E-state index contributed by atoms with van der Waals surface area (Å²) < 4.78 is 0. The van der Waals surface area contributed by atoms with Crippen LogP contribution in [0.4, 0.5) is 0 Å². The third-order valence-corrected chi connectivity index (χ3v) is 1.65. The highest BCUT2D eigenvalue weighted by molar-refractivity contribution is 5.96. The molecule has 3 nitrogen and oxygen atoms in total. The van der Waals surface area contributed by atoms with Crippen molar-refractivity contribution in [3.63, 3.8) is 0 Å². The Labute approximate surface area is 76.8 Å². The molecule has 1 aromatic rings. The largest absolute Gasteiger partial charge is 0.300 e. The van der Waals surface area contributed by atoms with Crippen LogP contribution in [0.5, 0.6) is 0 Å². The molecule has 13 heavy (non-hydrogen) atoms. The van der Waals surface area contributed by atoms with Gasteiger partial charge in [-0.3, -0.25) is 9.78 Å². The number of carbonyl (C=O) groups is 2. The van der Waals surface area contributed by atoms with Crippen molar-refractivity contribution in [3.8, 4) is 0 Å². The highest BCUT2D eigenvalue weighted by Gasteiger charge is 2.06. The first-order valence-corrected chi connectivity index (χ1v) is 4.14. The lowest BCUT2D eigenvalue weighted by atomic mass is 10.1. The lowest BCUT2D eigenvalue weighted by Gasteiger charge is -1.96. The monoisotopic (exact) mass is 177 g/mol. The maximum Gasteiger partial charge on any atom is 0.181 e. The second-order valence-corrected chi connectivity index (χ2v) is 2.84. The summed E-state index contributed by atoms with van der Waals surface area (Å²) >= 11 is 0. The molecule has 0 radical (unpaired) electrons. The molecule has 0 saturated heterocycles. The first-order chi connectivity index (χ1) is 6.20. The number of Topliss-reactive ketones (excluding diaryl/α,β-unsaturated/α-hetero) is 2. The quantitative estimate of drug-likeness (QED) is 0.657. The molecule has 0 aromatic carbocycles. The lowest BCUT2D eigenvalue weighted by molar-refractivity contribution is -0.116. The minimum absolute atomic E-state index is 0.0317. The molecule has 68 valence electrons. The molecule has 1 aromatic heterocycles. The van der Waals surface area contributed by atoms with Gasteiger partial charge >= 0.3 is 0 Å². The van der Waals surface area contributed by atoms with Gasteiger partial charge in [0.15, 0.2) is 5.78 Å². The molecule has 1 rings (SSSR count). The van der Waals surface area contributed by atoms with Gasteiger partial charge < -0.3 is 4.79 Å². The van der Waals surface area contributed by atoms with Gasteiger partial charge in [0, 0.05) is 19.0 Å². The van der Waals surface area contributed by atoms with E-state index in [4.69, 9.17) is 0 Å². The fourth-order valence-electron chi connectivity index (χ4n) is 0.945. The zero-order valence-corrected chi connectivity index (χ0v) is 7.49. The van der Waals surface area contributed by atoms with Crippen LogP contribution in [0.1, 0.15) is 30.3 Å². The molecule has 3 heteroatoms. The Hall–Kier alpha value is -1.51. The molecular weight excluding hydrogens is 166 g/mol. The van der Waals surface area contributed by atoms with E-state index in [-0.39, 0.29) is 18.0 Å². The van der Waals surface area contributed by atoms with E-state index in [0.29, 0.717) is 12.1 Å². The number of ketones is 2. The Balaban J connectivity index is 2.54. The van der Waals surface area contributed by atoms with Gasteiger partial charge in [0.25, 0.3) is 0 Å². The molecule has 1 heterocycles. The van der Waals surface area contributed by atoms with Crippen molar-refractivity contribution in [2.24, 2.45) is 0 Å². The Morgan fingerprint density at radius 3 is 2.62 bits per heavy atom. The third-order valence-electron chi connectivity index (χ3n) is 1.65. The van der Waals surface area contributed by atoms with Gasteiger partial charge in [-0.25, -0.2) is 0 Å². The number of hydrogen-bond donors (Lipinski definition) is 0. The minimum atomic E-state index is -0.0733. The molecule has 0 atom stereocenters. The van der Waals surface area contributed by atoms with Crippen LogP contribution >= 0.6 is 0 Å². The van der Waals surface area contributed by atoms with E-state index in [2.05, 4.69) is 4.98 Å². The second-order valence-electron chi connectivity index (χ2n) is 2.84. The number of carbonyl (C=O) groups excluding carboxylic acids is 2. The molecular formula is C10H11NO2. The van der Waals surface area contributed by atoms with Crippen molar-refractivity contribution in [2.45, 2.75) is 19.8 Å². The van der Waals surface area contributed by atoms with E-state index >= 15 is 0 Å². The van der Waals surface area contributed by atoms with E-state index < -0.39 is 0 Å². The van der Waals surface area contributed by atoms with Crippen molar-refractivity contribution in [2.75, 3.05) is 0 Å². The van der Waals surface area contributed by atoms with E-state index in [1.165, 1.54) is 6.92 Å². The number of nitrogens with zero attached hydrogens (tertiary/aromatic N) is 1. The highest BCUT2D eigenvalue weighted by atomic mass is 16.1. The van der Waals surface area contributed by atoms with Crippen molar-refractivity contribution in [1.82, 2.24) is 4.98 Å². The SMILES string of the molecule is CC(=O)CCC(=O)c1ccccn1. The van der Waals surface area contributed by atoms with Crippen molar-refractivity contribution in [1.29, 1.82) is 0 Å². The summed E-state index contributed by atoms with van der Waals surface area (Å²) in [6, 6.07) is 5.16. The average Bonchev–Trinajstić information content (AvgIpc) is 2.15. The van der Waals surface area contributed by atoms with Crippen LogP contribution in [0.15, 0.2) is 24.4 Å². The van der Waals surface area contributed by atoms with Crippen molar-refractivity contribution < 1.29 is 9.59 Å². The molecule has 0 bridgehead atoms. The van der Waals surface area contributed by atoms with E-state index in [0.717, 1.165) is 0 Å². The van der Waals surface area contributed by atoms with Crippen molar-refractivity contribution in [3.05, 3.63) is 30.1 Å². The van der Waals surface area contributed by atoms with Crippen LogP contribution in [0, 0.1) is 0 Å². The minimum Gasteiger partial charge on any atom is -0.300 e. The summed E-state index contributed by atoms with van der Waals surface area (Å²) in [7, 11) is 0. The zero-order chi connectivity index (χ0) is 9.68. The maximum absolute atomic E-state index is 11.3. The number of rotatable bonds is 4. The van der Waals surface area contributed by atoms with E-state index in [1.54, 1.807) is 24.4 Å². The van der Waals surface area contributed by atoms with Crippen LogP contribution < -0.4 is 0 Å². The fraction of sp³-hybridized carbons (Fsp3) is 0.300. The summed E-state index contributed by atoms with van der Waals surface area (Å²) in [6.07, 6.45) is 2.13. The van der Waals surface area contributed by atoms with Gasteiger partial charge in [-0.15, -0.1) is 0 Å². The highest BCUT2D eigenvalue weighted by Crippen LogP contribution is 2.01. The van der Waals surface area contributed by atoms with Crippen LogP contribution in [0.2, 0.25) is 0 Å². The van der Waals surface area contributed by atoms with E-state index in [1.807, 2.05) is 0 Å². The Morgan fingerprint density at radius 1 is 1.31 bits per heavy atom. The van der Waals surface area contributed by atoms with Gasteiger partial charge in [0.05, 0.1) is 0 Å². The molecule has 0 saturated carbocycles. The van der Waals surface area contributed by atoms with Crippen LogP contribution in [0.25, 0.3) is 0 Å². The average molecular weight is 177 g/mol. The number of aromatic nitrogens is 1. The zero-order valence-electron chi connectivity index (χ0n) is 7.49. The normalized spacial score (nSPS) is 9.62. The van der Waals surface area contributed by atoms with Crippen molar-refractivity contribution >= 4 is 11.6 Å². The summed E-state index contributed by atoms with van der Waals surface area (Å²) in [6.45, 7) is 1.48. The predicted molar refractivity (Wildman–Crippen MR) is 48.5 cm³/mol. The first kappa shape index (κ1) is 9.58. The summed E-state index contributed by atoms with van der Waals surface area (Å²) in [5.74, 6) is -0.0416. The maximum atomic E-state index is 11.3. The fourth-order valence-corrected chi connectivity index (χ4v) is 0.945. The Bertz CT molecular complexity index is 306. The molecule has 0 unspecified atom stereocenters. The van der Waals surface area contributed by atoms with E-state index in [9.17, 15) is 9.59 Å². The van der Waals surface area contributed by atoms with Crippen LogP contribution in [0.3, 0.4) is 0 Å². The standard InChI is InChI=1S/C10H11NO2/c1-8(12)5-6-10(13)9-4-2-3-7-11-9/h2-4,7H,5-6H2,1H3. The van der Waals surface area contributed by atoms with Gasteiger partial charge in [-0.2, -0.15) is 0 Å². The lowest BCUT2D eigenvalue weighted by Crippen LogP contribution is -2.03. The molecule has 0 aliphatic heterocycles. The number of hydrogen-bond acceptors (Lipinski definition) is 3. The predicted octanol–water partition coefficient (Wildman–Crippen LogP) is 1.63. The molecule has 0 spiro atoms. The van der Waals surface area contributed by atoms with Gasteiger partial charge in [-0.05, 0) is 19.1 Å². The van der Waals surface area contributed by atoms with Gasteiger partial charge in [0.2, 0.25) is 0 Å². The molecule has 0 N–H and O–H groups in total. The third kappa shape index (κ3) is 3.15. The summed E-state index contributed by atoms with van der Waals surface area (Å²) in [5, 5.41) is 0. The molecule has 0 fully saturated rings. The van der Waals surface area contributed by atoms with Crippen LogP contribution in [-0.2, 0) is 4.79 Å². The topological polar surface area (TPSA) is 47.0 Å². The Morgan fingerprint density at radius 2 is 2.08 bits per heavy atom. The Kier molecular flexibility index (Phi) is 3.31. The van der Waals surface area contributed by atoms with Gasteiger partial charge in [0.1, 0.15) is 11.5 Å². The molecule has 0 aliphatic carbocycles. The summed E-state index contributed by atoms with van der Waals surface area (Å²) in [4.78, 5) is 25.8. The first-order valence-electron chi connectivity index (χ1n) is 4.14. The van der Waals surface area contributed by atoms with Crippen LogP contribution in [-0.4, -0.2) is 16.6 Å². The molecule has 0 amide bonds. The molecule has 0 aliphatic rings. The summed E-state index contributed by atoms with van der Waals surface area (Å²) in [5.41, 5.74) is 0.434.